The third kappa shape index (κ3) is 3.91. The molecule has 1 amide bonds. The number of ether oxygens (including phenoxy) is 1. The predicted molar refractivity (Wildman–Crippen MR) is 113 cm³/mol. The molecule has 0 saturated carbocycles. The number of hydrogen-bond donors (Lipinski definition) is 1. The fourth-order valence-corrected chi connectivity index (χ4v) is 3.43. The maximum Gasteiger partial charge on any atom is 0.259 e. The number of amides is 1. The van der Waals surface area contributed by atoms with Crippen LogP contribution in [-0.4, -0.2) is 29.2 Å². The number of rotatable bonds is 6. The quantitative estimate of drug-likeness (QED) is 0.474. The Labute approximate surface area is 174 Å². The zero-order valence-electron chi connectivity index (χ0n) is 17.4. The Morgan fingerprint density at radius 1 is 1.13 bits per heavy atom. The number of pyridine rings is 1. The van der Waals surface area contributed by atoms with Gasteiger partial charge in [0.25, 0.3) is 11.6 Å². The van der Waals surface area contributed by atoms with E-state index in [0.29, 0.717) is 41.2 Å². The second-order valence-corrected chi connectivity index (χ2v) is 7.25. The van der Waals surface area contributed by atoms with E-state index in [-0.39, 0.29) is 5.91 Å². The molecule has 3 aromatic heterocycles. The minimum atomic E-state index is -0.235. The molecule has 0 saturated heterocycles. The number of carbonyl (C=O) groups excluding carboxylic acids is 1. The number of carbonyl (C=O) groups is 1. The summed E-state index contributed by atoms with van der Waals surface area (Å²) in [6, 6.07) is 11.4. The molecule has 154 valence electrons. The van der Waals surface area contributed by atoms with E-state index in [4.69, 9.17) is 13.7 Å². The Bertz CT molecular complexity index is 1220. The summed E-state index contributed by atoms with van der Waals surface area (Å²) in [5.74, 6) is 2.05. The Kier molecular flexibility index (Phi) is 5.27. The van der Waals surface area contributed by atoms with Gasteiger partial charge in [-0.15, -0.1) is 0 Å². The average Bonchev–Trinajstić information content (AvgIpc) is 3.26. The van der Waals surface area contributed by atoms with Crippen LogP contribution in [0.15, 0.2) is 45.3 Å². The lowest BCUT2D eigenvalue weighted by atomic mass is 10.1. The molecular formula is C23H23N3O4. The molecule has 0 aliphatic heterocycles. The Morgan fingerprint density at radius 3 is 2.70 bits per heavy atom. The molecule has 4 rings (SSSR count). The predicted octanol–water partition coefficient (Wildman–Crippen LogP) is 4.53. The van der Waals surface area contributed by atoms with Gasteiger partial charge in [-0.3, -0.25) is 4.79 Å². The lowest BCUT2D eigenvalue weighted by Gasteiger charge is -2.10. The summed E-state index contributed by atoms with van der Waals surface area (Å²) in [5.41, 5.74) is 3.95. The third-order valence-electron chi connectivity index (χ3n) is 4.82. The van der Waals surface area contributed by atoms with Crippen LogP contribution in [0.5, 0.6) is 5.75 Å². The smallest absolute Gasteiger partial charge is 0.259 e. The molecular weight excluding hydrogens is 382 g/mol. The van der Waals surface area contributed by atoms with E-state index in [1.54, 1.807) is 13.0 Å². The molecule has 30 heavy (non-hydrogen) atoms. The largest absolute Gasteiger partial charge is 0.492 e. The summed E-state index contributed by atoms with van der Waals surface area (Å²) < 4.78 is 16.7. The first-order valence-corrected chi connectivity index (χ1v) is 9.74. The van der Waals surface area contributed by atoms with E-state index in [1.807, 2.05) is 51.1 Å². The van der Waals surface area contributed by atoms with E-state index in [1.165, 1.54) is 0 Å². The lowest BCUT2D eigenvalue weighted by Crippen LogP contribution is -2.28. The average molecular weight is 405 g/mol. The van der Waals surface area contributed by atoms with Crippen molar-refractivity contribution in [2.75, 3.05) is 13.2 Å². The number of hydrogen-bond acceptors (Lipinski definition) is 6. The van der Waals surface area contributed by atoms with Gasteiger partial charge >= 0.3 is 0 Å². The fourth-order valence-electron chi connectivity index (χ4n) is 3.43. The summed E-state index contributed by atoms with van der Waals surface area (Å²) >= 11 is 0. The van der Waals surface area contributed by atoms with Crippen LogP contribution in [0.3, 0.4) is 0 Å². The van der Waals surface area contributed by atoms with Gasteiger partial charge in [-0.25, -0.2) is 4.98 Å². The second kappa shape index (κ2) is 8.02. The maximum atomic E-state index is 13.0. The van der Waals surface area contributed by atoms with Crippen molar-refractivity contribution < 1.29 is 18.5 Å². The van der Waals surface area contributed by atoms with Crippen molar-refractivity contribution in [1.82, 2.24) is 15.5 Å². The summed E-state index contributed by atoms with van der Waals surface area (Å²) in [5, 5.41) is 7.49. The van der Waals surface area contributed by atoms with Crippen LogP contribution in [0.4, 0.5) is 0 Å². The molecule has 0 aliphatic carbocycles. The van der Waals surface area contributed by atoms with Gasteiger partial charge in [0, 0.05) is 5.56 Å². The molecule has 4 aromatic rings. The standard InChI is InChI=1S/C23H23N3O4/c1-13-6-5-7-17(10-13)28-9-8-24-22(27)19-12-20(18-11-14(2)29-16(18)4)25-23-21(19)15(3)26-30-23/h5-7,10-12H,8-9H2,1-4H3,(H,24,27). The van der Waals surface area contributed by atoms with Crippen LogP contribution in [0.1, 0.15) is 33.1 Å². The summed E-state index contributed by atoms with van der Waals surface area (Å²) in [6.07, 6.45) is 0. The summed E-state index contributed by atoms with van der Waals surface area (Å²) in [7, 11) is 0. The Morgan fingerprint density at radius 2 is 1.97 bits per heavy atom. The van der Waals surface area contributed by atoms with Crippen molar-refractivity contribution in [2.45, 2.75) is 27.7 Å². The molecule has 7 nitrogen and oxygen atoms in total. The van der Waals surface area contributed by atoms with E-state index in [0.717, 1.165) is 28.4 Å². The van der Waals surface area contributed by atoms with Gasteiger partial charge in [-0.2, -0.15) is 0 Å². The van der Waals surface area contributed by atoms with E-state index in [2.05, 4.69) is 15.5 Å². The molecule has 0 spiro atoms. The SMILES string of the molecule is Cc1cccc(OCCNC(=O)c2cc(-c3cc(C)oc3C)nc3onc(C)c23)c1. The highest BCUT2D eigenvalue weighted by molar-refractivity contribution is 6.07. The molecule has 1 aromatic carbocycles. The zero-order valence-corrected chi connectivity index (χ0v) is 17.4. The summed E-state index contributed by atoms with van der Waals surface area (Å²) in [4.78, 5) is 17.5. The molecule has 0 bridgehead atoms. The molecule has 0 atom stereocenters. The fraction of sp³-hybridized carbons (Fsp3) is 0.261. The topological polar surface area (TPSA) is 90.4 Å². The monoisotopic (exact) mass is 405 g/mol. The van der Waals surface area contributed by atoms with Crippen molar-refractivity contribution in [2.24, 2.45) is 0 Å². The van der Waals surface area contributed by atoms with Crippen LogP contribution in [0.25, 0.3) is 22.4 Å². The van der Waals surface area contributed by atoms with Gasteiger partial charge < -0.3 is 19.0 Å². The normalized spacial score (nSPS) is 11.1. The number of nitrogens with one attached hydrogen (secondary N) is 1. The number of aromatic nitrogens is 2. The highest BCUT2D eigenvalue weighted by atomic mass is 16.5. The molecule has 0 radical (unpaired) electrons. The van der Waals surface area contributed by atoms with E-state index < -0.39 is 0 Å². The molecule has 1 N–H and O–H groups in total. The Hall–Kier alpha value is -3.61. The number of aryl methyl sites for hydroxylation is 4. The minimum absolute atomic E-state index is 0.235. The van der Waals surface area contributed by atoms with E-state index >= 15 is 0 Å². The number of fused-ring (bicyclic) bond motifs is 1. The molecule has 0 aliphatic rings. The van der Waals surface area contributed by atoms with Crippen LogP contribution < -0.4 is 10.1 Å². The van der Waals surface area contributed by atoms with Crippen molar-refractivity contribution in [3.05, 3.63) is 64.7 Å². The highest BCUT2D eigenvalue weighted by Gasteiger charge is 2.20. The second-order valence-electron chi connectivity index (χ2n) is 7.25. The van der Waals surface area contributed by atoms with Crippen LogP contribution in [0.2, 0.25) is 0 Å². The first-order chi connectivity index (χ1) is 14.4. The van der Waals surface area contributed by atoms with Gasteiger partial charge in [0.15, 0.2) is 0 Å². The summed E-state index contributed by atoms with van der Waals surface area (Å²) in [6.45, 7) is 8.25. The van der Waals surface area contributed by atoms with Gasteiger partial charge in [0.2, 0.25) is 0 Å². The van der Waals surface area contributed by atoms with Crippen molar-refractivity contribution >= 4 is 17.0 Å². The molecule has 0 unspecified atom stereocenters. The van der Waals surface area contributed by atoms with Gasteiger partial charge in [-0.1, -0.05) is 17.3 Å². The van der Waals surface area contributed by atoms with Crippen molar-refractivity contribution in [1.29, 1.82) is 0 Å². The van der Waals surface area contributed by atoms with Crippen molar-refractivity contribution in [3.63, 3.8) is 0 Å². The first-order valence-electron chi connectivity index (χ1n) is 9.74. The highest BCUT2D eigenvalue weighted by Crippen LogP contribution is 2.30. The third-order valence-corrected chi connectivity index (χ3v) is 4.82. The number of benzene rings is 1. The van der Waals surface area contributed by atoms with Gasteiger partial charge in [-0.05, 0) is 57.5 Å². The molecule has 0 fully saturated rings. The van der Waals surface area contributed by atoms with E-state index in [9.17, 15) is 4.79 Å². The van der Waals surface area contributed by atoms with Crippen LogP contribution in [0, 0.1) is 27.7 Å². The van der Waals surface area contributed by atoms with Crippen LogP contribution in [-0.2, 0) is 0 Å². The minimum Gasteiger partial charge on any atom is -0.492 e. The van der Waals surface area contributed by atoms with Gasteiger partial charge in [0.05, 0.1) is 28.9 Å². The maximum absolute atomic E-state index is 13.0. The number of furan rings is 1. The molecule has 3 heterocycles. The van der Waals surface area contributed by atoms with Crippen molar-refractivity contribution in [3.8, 4) is 17.0 Å². The first kappa shape index (κ1) is 19.7. The van der Waals surface area contributed by atoms with Gasteiger partial charge in [0.1, 0.15) is 23.9 Å². The lowest BCUT2D eigenvalue weighted by molar-refractivity contribution is 0.0948. The molecule has 7 heteroatoms. The Balaban J connectivity index is 1.55. The number of nitrogens with zero attached hydrogens (tertiary/aromatic N) is 2. The zero-order chi connectivity index (χ0) is 21.3. The van der Waals surface area contributed by atoms with Crippen LogP contribution >= 0.6 is 0 Å².